The molecule has 0 saturated carbocycles. The van der Waals surface area contributed by atoms with Gasteiger partial charge in [0.2, 0.25) is 0 Å². The lowest BCUT2D eigenvalue weighted by atomic mass is 10.3. The predicted molar refractivity (Wildman–Crippen MR) is 37.1 cm³/mol. The van der Waals surface area contributed by atoms with Crippen LogP contribution in [0, 0.1) is 0 Å². The van der Waals surface area contributed by atoms with Crippen LogP contribution in [0.4, 0.5) is 4.79 Å². The van der Waals surface area contributed by atoms with E-state index in [4.69, 9.17) is 23.2 Å². The van der Waals surface area contributed by atoms with Crippen molar-refractivity contribution in [3.63, 3.8) is 0 Å². The molecule has 4 heteroatoms. The summed E-state index contributed by atoms with van der Waals surface area (Å²) >= 11 is 10.4. The fourth-order valence-electron chi connectivity index (χ4n) is 0.302. The Hall–Kier alpha value is 0.0500. The molecule has 1 atom stereocenters. The van der Waals surface area contributed by atoms with E-state index in [-0.39, 0.29) is 5.38 Å². The summed E-state index contributed by atoms with van der Waals surface area (Å²) in [6.07, 6.45) is 0.639. The molecular formula is C5H8Cl2O2. The van der Waals surface area contributed by atoms with Gasteiger partial charge < -0.3 is 4.74 Å². The molecule has 0 bridgehead atoms. The molecule has 0 spiro atoms. The normalized spacial score (nSPS) is 12.8. The molecule has 2 nitrogen and oxygen atoms in total. The molecule has 1 unspecified atom stereocenters. The van der Waals surface area contributed by atoms with Gasteiger partial charge in [-0.15, -0.1) is 11.6 Å². The first kappa shape index (κ1) is 9.05. The SMILES string of the molecule is CC(Cl)CCOC(=O)Cl. The second-order valence-corrected chi connectivity index (χ2v) is 2.71. The highest BCUT2D eigenvalue weighted by Gasteiger charge is 1.98. The Bertz CT molecular complexity index is 93.0. The minimum Gasteiger partial charge on any atom is -0.454 e. The molecule has 0 aliphatic rings. The first-order valence-electron chi connectivity index (χ1n) is 2.59. The average Bonchev–Trinajstić information content (AvgIpc) is 1.63. The molecule has 0 radical (unpaired) electrons. The van der Waals surface area contributed by atoms with Crippen molar-refractivity contribution in [3.05, 3.63) is 0 Å². The molecule has 0 heterocycles. The third-order valence-electron chi connectivity index (χ3n) is 0.731. The van der Waals surface area contributed by atoms with Crippen molar-refractivity contribution in [2.75, 3.05) is 6.61 Å². The molecule has 0 aliphatic heterocycles. The molecule has 0 aliphatic carbocycles. The number of carbonyl (C=O) groups is 1. The van der Waals surface area contributed by atoms with E-state index >= 15 is 0 Å². The molecule has 9 heavy (non-hydrogen) atoms. The Balaban J connectivity index is 3.01. The molecule has 0 amide bonds. The highest BCUT2D eigenvalue weighted by Crippen LogP contribution is 2.00. The number of carbonyl (C=O) groups excluding carboxylic acids is 1. The van der Waals surface area contributed by atoms with Gasteiger partial charge in [-0.3, -0.25) is 0 Å². The summed E-state index contributed by atoms with van der Waals surface area (Å²) in [6, 6.07) is 0. The van der Waals surface area contributed by atoms with E-state index < -0.39 is 5.43 Å². The van der Waals surface area contributed by atoms with Crippen LogP contribution in [0.25, 0.3) is 0 Å². The summed E-state index contributed by atoms with van der Waals surface area (Å²) in [5.74, 6) is 0. The fourth-order valence-corrected chi connectivity index (χ4v) is 0.468. The van der Waals surface area contributed by atoms with Crippen LogP contribution in [0.3, 0.4) is 0 Å². The van der Waals surface area contributed by atoms with E-state index in [2.05, 4.69) is 4.74 Å². The number of ether oxygens (including phenoxy) is 1. The second kappa shape index (κ2) is 4.89. The quantitative estimate of drug-likeness (QED) is 0.481. The summed E-state index contributed by atoms with van der Waals surface area (Å²) in [7, 11) is 0. The highest BCUT2D eigenvalue weighted by molar-refractivity contribution is 6.61. The zero-order valence-electron chi connectivity index (χ0n) is 5.06. The lowest BCUT2D eigenvalue weighted by Crippen LogP contribution is -2.01. The summed E-state index contributed by atoms with van der Waals surface area (Å²) in [5.41, 5.74) is -0.771. The van der Waals surface area contributed by atoms with Gasteiger partial charge in [-0.05, 0) is 13.3 Å². The maximum Gasteiger partial charge on any atom is 0.403 e. The molecule has 0 aromatic heterocycles. The predicted octanol–water partition coefficient (Wildman–Crippen LogP) is 2.38. The third kappa shape index (κ3) is 8.05. The van der Waals surface area contributed by atoms with E-state index in [9.17, 15) is 4.79 Å². The minimum absolute atomic E-state index is 0.0287. The molecular weight excluding hydrogens is 163 g/mol. The summed E-state index contributed by atoms with van der Waals surface area (Å²) in [5, 5.41) is 0.0287. The lowest BCUT2D eigenvalue weighted by Gasteiger charge is -2.00. The van der Waals surface area contributed by atoms with Crippen LogP contribution in [0.5, 0.6) is 0 Å². The number of hydrogen-bond donors (Lipinski definition) is 0. The molecule has 0 fully saturated rings. The van der Waals surface area contributed by atoms with Crippen molar-refractivity contribution in [1.82, 2.24) is 0 Å². The summed E-state index contributed by atoms with van der Waals surface area (Å²) in [6.45, 7) is 2.12. The zero-order valence-corrected chi connectivity index (χ0v) is 6.58. The van der Waals surface area contributed by atoms with Crippen LogP contribution in [0.15, 0.2) is 0 Å². The largest absolute Gasteiger partial charge is 0.454 e. The van der Waals surface area contributed by atoms with Crippen molar-refractivity contribution in [1.29, 1.82) is 0 Å². The monoisotopic (exact) mass is 170 g/mol. The van der Waals surface area contributed by atoms with Crippen LogP contribution in [0.2, 0.25) is 0 Å². The molecule has 0 saturated heterocycles. The number of halogens is 2. The van der Waals surface area contributed by atoms with Crippen molar-refractivity contribution >= 4 is 28.6 Å². The third-order valence-corrected chi connectivity index (χ3v) is 1.06. The number of rotatable bonds is 3. The lowest BCUT2D eigenvalue weighted by molar-refractivity contribution is 0.172. The Morgan fingerprint density at radius 3 is 2.67 bits per heavy atom. The van der Waals surface area contributed by atoms with Gasteiger partial charge >= 0.3 is 5.43 Å². The van der Waals surface area contributed by atoms with Crippen molar-refractivity contribution in [3.8, 4) is 0 Å². The van der Waals surface area contributed by atoms with Gasteiger partial charge in [0.1, 0.15) is 0 Å². The van der Waals surface area contributed by atoms with Gasteiger partial charge in [-0.2, -0.15) is 0 Å². The van der Waals surface area contributed by atoms with Crippen LogP contribution >= 0.6 is 23.2 Å². The standard InChI is InChI=1S/C5H8Cl2O2/c1-4(6)2-3-9-5(7)8/h4H,2-3H2,1H3. The summed E-state index contributed by atoms with van der Waals surface area (Å²) < 4.78 is 4.39. The first-order valence-corrected chi connectivity index (χ1v) is 3.40. The van der Waals surface area contributed by atoms with Crippen LogP contribution in [-0.4, -0.2) is 17.4 Å². The topological polar surface area (TPSA) is 26.3 Å². The molecule has 0 aromatic rings. The minimum atomic E-state index is -0.771. The number of alkyl halides is 1. The highest BCUT2D eigenvalue weighted by atomic mass is 35.5. The van der Waals surface area contributed by atoms with Gasteiger partial charge in [0.15, 0.2) is 0 Å². The first-order chi connectivity index (χ1) is 4.13. The zero-order chi connectivity index (χ0) is 7.28. The van der Waals surface area contributed by atoms with E-state index in [1.165, 1.54) is 0 Å². The van der Waals surface area contributed by atoms with Gasteiger partial charge in [0, 0.05) is 17.0 Å². The Kier molecular flexibility index (Phi) is 4.91. The molecule has 0 rings (SSSR count). The van der Waals surface area contributed by atoms with Crippen LogP contribution in [-0.2, 0) is 4.74 Å². The van der Waals surface area contributed by atoms with Gasteiger partial charge in [-0.1, -0.05) is 0 Å². The smallest absolute Gasteiger partial charge is 0.403 e. The fraction of sp³-hybridized carbons (Fsp3) is 0.800. The summed E-state index contributed by atoms with van der Waals surface area (Å²) in [4.78, 5) is 9.93. The second-order valence-electron chi connectivity index (χ2n) is 1.66. The van der Waals surface area contributed by atoms with Crippen molar-refractivity contribution < 1.29 is 9.53 Å². The van der Waals surface area contributed by atoms with Crippen molar-refractivity contribution in [2.45, 2.75) is 18.7 Å². The van der Waals surface area contributed by atoms with E-state index in [1.54, 1.807) is 0 Å². The van der Waals surface area contributed by atoms with Gasteiger partial charge in [0.05, 0.1) is 6.61 Å². The van der Waals surface area contributed by atoms with E-state index in [0.29, 0.717) is 13.0 Å². The van der Waals surface area contributed by atoms with E-state index in [0.717, 1.165) is 0 Å². The van der Waals surface area contributed by atoms with E-state index in [1.807, 2.05) is 6.92 Å². The van der Waals surface area contributed by atoms with Gasteiger partial charge in [0.25, 0.3) is 0 Å². The maximum atomic E-state index is 9.93. The molecule has 0 N–H and O–H groups in total. The number of hydrogen-bond acceptors (Lipinski definition) is 2. The molecule has 54 valence electrons. The maximum absolute atomic E-state index is 9.93. The Morgan fingerprint density at radius 1 is 1.78 bits per heavy atom. The van der Waals surface area contributed by atoms with Crippen LogP contribution in [0.1, 0.15) is 13.3 Å². The Labute approximate surface area is 64.1 Å². The Morgan fingerprint density at radius 2 is 2.33 bits per heavy atom. The average molecular weight is 171 g/mol. The van der Waals surface area contributed by atoms with Gasteiger partial charge in [-0.25, -0.2) is 4.79 Å². The van der Waals surface area contributed by atoms with Crippen molar-refractivity contribution in [2.24, 2.45) is 0 Å². The van der Waals surface area contributed by atoms with Crippen LogP contribution < -0.4 is 0 Å². The molecule has 0 aromatic carbocycles.